The number of benzene rings is 1. The normalized spacial score (nSPS) is 21.3. The van der Waals surface area contributed by atoms with Gasteiger partial charge in [-0.25, -0.2) is 9.37 Å². The second-order valence-corrected chi connectivity index (χ2v) is 5.71. The molecule has 2 heterocycles. The lowest BCUT2D eigenvalue weighted by molar-refractivity contribution is 0.187. The van der Waals surface area contributed by atoms with Crippen molar-refractivity contribution < 1.29 is 14.2 Å². The molecule has 0 saturated carbocycles. The standard InChI is InChI=1S/C17H19FN2O2/c1-11(2)20-9-16(7-15(20)10-21)22-17-6-13-5-14(18)4-3-12(13)8-19-17/h3-6,8,15-16,21H,1,7,9-10H2,2H3/t15-,16?/m0/s1. The third-order valence-electron chi connectivity index (χ3n) is 4.02. The second kappa shape index (κ2) is 5.93. The van der Waals surface area contributed by atoms with Gasteiger partial charge in [0.15, 0.2) is 0 Å². The monoisotopic (exact) mass is 302 g/mol. The Bertz CT molecular complexity index is 704. The van der Waals surface area contributed by atoms with E-state index in [9.17, 15) is 9.50 Å². The van der Waals surface area contributed by atoms with Crippen LogP contribution < -0.4 is 4.74 Å². The number of halogens is 1. The molecule has 2 atom stereocenters. The lowest BCUT2D eigenvalue weighted by Crippen LogP contribution is -2.30. The highest BCUT2D eigenvalue weighted by molar-refractivity contribution is 5.82. The average molecular weight is 302 g/mol. The maximum Gasteiger partial charge on any atom is 0.214 e. The minimum Gasteiger partial charge on any atom is -0.472 e. The zero-order valence-corrected chi connectivity index (χ0v) is 12.5. The van der Waals surface area contributed by atoms with Gasteiger partial charge >= 0.3 is 0 Å². The van der Waals surface area contributed by atoms with E-state index in [1.165, 1.54) is 12.1 Å². The lowest BCUT2D eigenvalue weighted by Gasteiger charge is -2.24. The Kier molecular flexibility index (Phi) is 3.98. The van der Waals surface area contributed by atoms with E-state index in [-0.39, 0.29) is 24.6 Å². The van der Waals surface area contributed by atoms with Crippen molar-refractivity contribution in [1.29, 1.82) is 0 Å². The van der Waals surface area contributed by atoms with Gasteiger partial charge in [0, 0.05) is 29.8 Å². The molecule has 1 aromatic carbocycles. The molecule has 1 fully saturated rings. The number of aliphatic hydroxyl groups excluding tert-OH is 1. The van der Waals surface area contributed by atoms with Crippen LogP contribution in [0.4, 0.5) is 4.39 Å². The molecule has 3 rings (SSSR count). The second-order valence-electron chi connectivity index (χ2n) is 5.71. The van der Waals surface area contributed by atoms with Gasteiger partial charge in [-0.1, -0.05) is 6.58 Å². The van der Waals surface area contributed by atoms with Crippen LogP contribution in [-0.4, -0.2) is 40.3 Å². The fourth-order valence-electron chi connectivity index (χ4n) is 2.93. The molecule has 1 unspecified atom stereocenters. The van der Waals surface area contributed by atoms with Crippen LogP contribution in [0.3, 0.4) is 0 Å². The average Bonchev–Trinajstić information content (AvgIpc) is 2.90. The van der Waals surface area contributed by atoms with Gasteiger partial charge < -0.3 is 14.7 Å². The highest BCUT2D eigenvalue weighted by atomic mass is 19.1. The molecule has 0 aliphatic carbocycles. The van der Waals surface area contributed by atoms with Gasteiger partial charge in [-0.05, 0) is 30.5 Å². The van der Waals surface area contributed by atoms with Gasteiger partial charge in [-0.15, -0.1) is 0 Å². The van der Waals surface area contributed by atoms with Crippen LogP contribution in [0.25, 0.3) is 10.8 Å². The van der Waals surface area contributed by atoms with E-state index in [0.29, 0.717) is 18.8 Å². The van der Waals surface area contributed by atoms with Crippen molar-refractivity contribution in [3.63, 3.8) is 0 Å². The van der Waals surface area contributed by atoms with Crippen LogP contribution in [0.2, 0.25) is 0 Å². The first-order chi connectivity index (χ1) is 10.6. The number of aromatic nitrogens is 1. The number of pyridine rings is 1. The highest BCUT2D eigenvalue weighted by Crippen LogP contribution is 2.26. The molecule has 1 saturated heterocycles. The molecule has 1 N–H and O–H groups in total. The van der Waals surface area contributed by atoms with Gasteiger partial charge in [0.05, 0.1) is 19.2 Å². The van der Waals surface area contributed by atoms with Crippen LogP contribution in [0, 0.1) is 5.82 Å². The SMILES string of the molecule is C=C(C)N1CC(Oc2cc3cc(F)ccc3cn2)C[C@H]1CO. The minimum atomic E-state index is -0.278. The molecule has 0 spiro atoms. The lowest BCUT2D eigenvalue weighted by atomic mass is 10.2. The zero-order chi connectivity index (χ0) is 15.7. The summed E-state index contributed by atoms with van der Waals surface area (Å²) in [6, 6.07) is 6.35. The summed E-state index contributed by atoms with van der Waals surface area (Å²) < 4.78 is 19.2. The Hall–Kier alpha value is -2.14. The number of rotatable bonds is 4. The van der Waals surface area contributed by atoms with Crippen LogP contribution in [0.15, 0.2) is 42.7 Å². The van der Waals surface area contributed by atoms with Gasteiger partial charge in [-0.3, -0.25) is 0 Å². The van der Waals surface area contributed by atoms with Crippen LogP contribution >= 0.6 is 0 Å². The van der Waals surface area contributed by atoms with Crippen LogP contribution in [-0.2, 0) is 0 Å². The Morgan fingerprint density at radius 1 is 1.45 bits per heavy atom. The molecule has 0 radical (unpaired) electrons. The van der Waals surface area contributed by atoms with Crippen molar-refractivity contribution in [2.45, 2.75) is 25.5 Å². The van der Waals surface area contributed by atoms with Gasteiger partial charge in [-0.2, -0.15) is 0 Å². The number of allylic oxidation sites excluding steroid dienone is 1. The molecule has 4 nitrogen and oxygen atoms in total. The Balaban J connectivity index is 1.77. The number of nitrogens with zero attached hydrogens (tertiary/aromatic N) is 2. The summed E-state index contributed by atoms with van der Waals surface area (Å²) in [6.45, 7) is 6.59. The number of likely N-dealkylation sites (tertiary alicyclic amines) is 1. The van der Waals surface area contributed by atoms with Gasteiger partial charge in [0.1, 0.15) is 11.9 Å². The topological polar surface area (TPSA) is 45.6 Å². The van der Waals surface area contributed by atoms with Crippen molar-refractivity contribution in [3.05, 3.63) is 48.6 Å². The van der Waals surface area contributed by atoms with E-state index < -0.39 is 0 Å². The molecule has 5 heteroatoms. The summed E-state index contributed by atoms with van der Waals surface area (Å²) in [6.07, 6.45) is 2.33. The van der Waals surface area contributed by atoms with Crippen molar-refractivity contribution in [3.8, 4) is 5.88 Å². The summed E-state index contributed by atoms with van der Waals surface area (Å²) in [5, 5.41) is 11.1. The summed E-state index contributed by atoms with van der Waals surface area (Å²) in [7, 11) is 0. The van der Waals surface area contributed by atoms with E-state index in [2.05, 4.69) is 11.6 Å². The number of fused-ring (bicyclic) bond motifs is 1. The largest absolute Gasteiger partial charge is 0.472 e. The highest BCUT2D eigenvalue weighted by Gasteiger charge is 2.32. The van der Waals surface area contributed by atoms with E-state index in [1.807, 2.05) is 11.8 Å². The first kappa shape index (κ1) is 14.8. The predicted octanol–water partition coefficient (Wildman–Crippen LogP) is 2.72. The number of hydrogen-bond acceptors (Lipinski definition) is 4. The number of ether oxygens (including phenoxy) is 1. The Labute approximate surface area is 128 Å². The maximum absolute atomic E-state index is 13.3. The smallest absolute Gasteiger partial charge is 0.214 e. The quantitative estimate of drug-likeness (QED) is 0.943. The fourth-order valence-corrected chi connectivity index (χ4v) is 2.93. The summed E-state index contributed by atoms with van der Waals surface area (Å²) in [5.41, 5.74) is 0.915. The maximum atomic E-state index is 13.3. The van der Waals surface area contributed by atoms with E-state index in [4.69, 9.17) is 4.74 Å². The summed E-state index contributed by atoms with van der Waals surface area (Å²) in [5.74, 6) is 0.197. The molecule has 116 valence electrons. The van der Waals surface area contributed by atoms with Crippen LogP contribution in [0.5, 0.6) is 5.88 Å². The Morgan fingerprint density at radius 2 is 2.27 bits per heavy atom. The summed E-state index contributed by atoms with van der Waals surface area (Å²) in [4.78, 5) is 6.32. The number of aliphatic hydroxyl groups is 1. The molecule has 1 aliphatic rings. The van der Waals surface area contributed by atoms with Crippen LogP contribution in [0.1, 0.15) is 13.3 Å². The summed E-state index contributed by atoms with van der Waals surface area (Å²) >= 11 is 0. The molecule has 1 aliphatic heterocycles. The fraction of sp³-hybridized carbons (Fsp3) is 0.353. The molecule has 0 bridgehead atoms. The van der Waals surface area contributed by atoms with Crippen molar-refractivity contribution >= 4 is 10.8 Å². The first-order valence-corrected chi connectivity index (χ1v) is 7.32. The Morgan fingerprint density at radius 3 is 2.95 bits per heavy atom. The zero-order valence-electron chi connectivity index (χ0n) is 12.5. The van der Waals surface area contributed by atoms with Crippen molar-refractivity contribution in [1.82, 2.24) is 9.88 Å². The molecular weight excluding hydrogens is 283 g/mol. The van der Waals surface area contributed by atoms with Gasteiger partial charge in [0.2, 0.25) is 5.88 Å². The number of hydrogen-bond donors (Lipinski definition) is 1. The van der Waals surface area contributed by atoms with Crippen molar-refractivity contribution in [2.75, 3.05) is 13.2 Å². The minimum absolute atomic E-state index is 0.0281. The third kappa shape index (κ3) is 2.90. The van der Waals surface area contributed by atoms with E-state index in [1.54, 1.807) is 18.3 Å². The molecule has 1 aromatic heterocycles. The first-order valence-electron chi connectivity index (χ1n) is 7.32. The molecule has 0 amide bonds. The van der Waals surface area contributed by atoms with Crippen molar-refractivity contribution in [2.24, 2.45) is 0 Å². The van der Waals surface area contributed by atoms with Gasteiger partial charge in [0.25, 0.3) is 0 Å². The van der Waals surface area contributed by atoms with E-state index in [0.717, 1.165) is 16.5 Å². The molecule has 22 heavy (non-hydrogen) atoms. The van der Waals surface area contributed by atoms with E-state index >= 15 is 0 Å². The third-order valence-corrected chi connectivity index (χ3v) is 4.02. The molecular formula is C17H19FN2O2. The molecule has 2 aromatic rings. The predicted molar refractivity (Wildman–Crippen MR) is 83.1 cm³/mol.